The van der Waals surface area contributed by atoms with Crippen LogP contribution in [0.2, 0.25) is 0 Å². The van der Waals surface area contributed by atoms with Crippen molar-refractivity contribution in [1.82, 2.24) is 9.97 Å². The number of pyridine rings is 1. The number of fused-ring (bicyclic) bond motifs is 1. The Morgan fingerprint density at radius 3 is 2.67 bits per heavy atom. The molecule has 0 aliphatic carbocycles. The van der Waals surface area contributed by atoms with Gasteiger partial charge in [-0.05, 0) is 74.7 Å². The van der Waals surface area contributed by atoms with E-state index in [1.807, 2.05) is 69.3 Å². The fourth-order valence-corrected chi connectivity index (χ4v) is 4.16. The van der Waals surface area contributed by atoms with Crippen LogP contribution in [0.4, 0.5) is 5.69 Å². The molecule has 1 amide bonds. The molecule has 4 rings (SSSR count). The molecule has 5 nitrogen and oxygen atoms in total. The first-order valence-electron chi connectivity index (χ1n) is 9.78. The third-order valence-corrected chi connectivity index (χ3v) is 6.16. The topological polar surface area (TPSA) is 64.1 Å². The van der Waals surface area contributed by atoms with E-state index < -0.39 is 6.10 Å². The van der Waals surface area contributed by atoms with Gasteiger partial charge in [-0.25, -0.2) is 9.97 Å². The third kappa shape index (κ3) is 4.04. The van der Waals surface area contributed by atoms with Crippen molar-refractivity contribution in [3.05, 3.63) is 71.4 Å². The second kappa shape index (κ2) is 8.24. The number of carbonyl (C=O) groups excluding carboxylic acids is 1. The molecule has 2 aromatic carbocycles. The van der Waals surface area contributed by atoms with Crippen LogP contribution in [0.3, 0.4) is 0 Å². The molecule has 2 heterocycles. The fraction of sp³-hybridized carbons (Fsp3) is 0.208. The molecular formula is C24H23N3O2S. The van der Waals surface area contributed by atoms with E-state index in [2.05, 4.69) is 15.3 Å². The van der Waals surface area contributed by atoms with Gasteiger partial charge in [0.25, 0.3) is 5.91 Å². The third-order valence-electron chi connectivity index (χ3n) is 5.15. The summed E-state index contributed by atoms with van der Waals surface area (Å²) >= 11 is 1.54. The van der Waals surface area contributed by atoms with E-state index in [-0.39, 0.29) is 5.91 Å². The Morgan fingerprint density at radius 2 is 1.90 bits per heavy atom. The summed E-state index contributed by atoms with van der Waals surface area (Å²) in [6.45, 7) is 7.81. The number of ether oxygens (including phenoxy) is 1. The fourth-order valence-electron chi connectivity index (χ4n) is 3.17. The number of thiazole rings is 1. The number of anilines is 1. The average Bonchev–Trinajstić information content (AvgIpc) is 3.16. The number of amides is 1. The molecule has 0 spiro atoms. The van der Waals surface area contributed by atoms with Gasteiger partial charge in [-0.2, -0.15) is 0 Å². The number of aromatic nitrogens is 2. The maximum Gasteiger partial charge on any atom is 0.265 e. The second-order valence-corrected chi connectivity index (χ2v) is 8.30. The van der Waals surface area contributed by atoms with Crippen LogP contribution in [-0.4, -0.2) is 22.0 Å². The lowest BCUT2D eigenvalue weighted by Crippen LogP contribution is -2.30. The molecule has 2 aromatic heterocycles. The molecule has 1 unspecified atom stereocenters. The van der Waals surface area contributed by atoms with Crippen LogP contribution in [0.15, 0.2) is 54.7 Å². The molecule has 0 radical (unpaired) electrons. The van der Waals surface area contributed by atoms with Crippen LogP contribution in [0.5, 0.6) is 5.75 Å². The van der Waals surface area contributed by atoms with Crippen LogP contribution < -0.4 is 10.1 Å². The predicted molar refractivity (Wildman–Crippen MR) is 122 cm³/mol. The Bertz CT molecular complexity index is 1200. The number of aryl methyl sites for hydroxylation is 2. The summed E-state index contributed by atoms with van der Waals surface area (Å²) in [6.07, 6.45) is 1.15. The molecule has 6 heteroatoms. The number of nitrogens with one attached hydrogen (secondary N) is 1. The van der Waals surface area contributed by atoms with E-state index in [4.69, 9.17) is 4.74 Å². The standard InChI is InChI=1S/C24H23N3O2S/c1-14-10-11-18(13-15(14)2)29-17(4)22(28)26-20-8-5-7-19(16(20)3)23-27-21-9-6-12-25-24(21)30-23/h5-13,17H,1-4H3,(H,26,28). The van der Waals surface area contributed by atoms with Gasteiger partial charge in [0.1, 0.15) is 21.1 Å². The zero-order valence-corrected chi connectivity index (χ0v) is 18.2. The van der Waals surface area contributed by atoms with E-state index in [1.165, 1.54) is 5.56 Å². The number of carbonyl (C=O) groups is 1. The van der Waals surface area contributed by atoms with E-state index in [9.17, 15) is 4.79 Å². The van der Waals surface area contributed by atoms with Gasteiger partial charge in [0.2, 0.25) is 0 Å². The Morgan fingerprint density at radius 1 is 1.07 bits per heavy atom. The Labute approximate surface area is 179 Å². The van der Waals surface area contributed by atoms with Gasteiger partial charge < -0.3 is 10.1 Å². The first-order valence-corrected chi connectivity index (χ1v) is 10.6. The quantitative estimate of drug-likeness (QED) is 0.453. The maximum absolute atomic E-state index is 12.8. The Kier molecular flexibility index (Phi) is 5.50. The first kappa shape index (κ1) is 20.0. The summed E-state index contributed by atoms with van der Waals surface area (Å²) in [6, 6.07) is 15.5. The van der Waals surface area contributed by atoms with Crippen molar-refractivity contribution in [1.29, 1.82) is 0 Å². The summed E-state index contributed by atoms with van der Waals surface area (Å²) < 4.78 is 5.85. The monoisotopic (exact) mass is 417 g/mol. The van der Waals surface area contributed by atoms with Crippen molar-refractivity contribution in [2.75, 3.05) is 5.32 Å². The average molecular weight is 418 g/mol. The molecule has 1 N–H and O–H groups in total. The first-order chi connectivity index (χ1) is 14.4. The molecule has 1 atom stereocenters. The molecule has 4 aromatic rings. The minimum Gasteiger partial charge on any atom is -0.481 e. The van der Waals surface area contributed by atoms with Gasteiger partial charge in [0, 0.05) is 17.4 Å². The van der Waals surface area contributed by atoms with E-state index in [1.54, 1.807) is 24.5 Å². The normalized spacial score (nSPS) is 12.0. The van der Waals surface area contributed by atoms with Crippen molar-refractivity contribution in [2.24, 2.45) is 0 Å². The van der Waals surface area contributed by atoms with E-state index in [0.717, 1.165) is 37.7 Å². The summed E-state index contributed by atoms with van der Waals surface area (Å²) in [5.74, 6) is 0.493. The summed E-state index contributed by atoms with van der Waals surface area (Å²) in [7, 11) is 0. The lowest BCUT2D eigenvalue weighted by molar-refractivity contribution is -0.122. The predicted octanol–water partition coefficient (Wildman–Crippen LogP) is 5.69. The smallest absolute Gasteiger partial charge is 0.265 e. The largest absolute Gasteiger partial charge is 0.481 e. The zero-order chi connectivity index (χ0) is 21.3. The summed E-state index contributed by atoms with van der Waals surface area (Å²) in [5, 5.41) is 3.88. The molecule has 0 saturated carbocycles. The van der Waals surface area contributed by atoms with Crippen LogP contribution in [-0.2, 0) is 4.79 Å². The Hall–Kier alpha value is -3.25. The van der Waals surface area contributed by atoms with Crippen molar-refractivity contribution in [3.8, 4) is 16.3 Å². The number of rotatable bonds is 5. The SMILES string of the molecule is Cc1ccc(OC(C)C(=O)Nc2cccc(-c3nc4cccnc4s3)c2C)cc1C. The van der Waals surface area contributed by atoms with Gasteiger partial charge in [-0.1, -0.05) is 29.5 Å². The van der Waals surface area contributed by atoms with E-state index >= 15 is 0 Å². The molecule has 152 valence electrons. The lowest BCUT2D eigenvalue weighted by atomic mass is 10.1. The van der Waals surface area contributed by atoms with Gasteiger partial charge >= 0.3 is 0 Å². The Balaban J connectivity index is 1.53. The maximum atomic E-state index is 12.8. The molecule has 0 bridgehead atoms. The highest BCUT2D eigenvalue weighted by Crippen LogP contribution is 2.33. The molecule has 0 saturated heterocycles. The van der Waals surface area contributed by atoms with Crippen molar-refractivity contribution in [3.63, 3.8) is 0 Å². The molecule has 0 aliphatic heterocycles. The van der Waals surface area contributed by atoms with E-state index in [0.29, 0.717) is 5.75 Å². The van der Waals surface area contributed by atoms with Crippen molar-refractivity contribution >= 4 is 33.3 Å². The minimum atomic E-state index is -0.623. The van der Waals surface area contributed by atoms with Crippen molar-refractivity contribution < 1.29 is 9.53 Å². The highest BCUT2D eigenvalue weighted by Gasteiger charge is 2.18. The summed E-state index contributed by atoms with van der Waals surface area (Å²) in [5.41, 5.74) is 5.90. The number of benzene rings is 2. The minimum absolute atomic E-state index is 0.195. The van der Waals surface area contributed by atoms with Crippen LogP contribution in [0.25, 0.3) is 20.9 Å². The van der Waals surface area contributed by atoms with Gasteiger partial charge in [-0.15, -0.1) is 0 Å². The van der Waals surface area contributed by atoms with Crippen LogP contribution in [0, 0.1) is 20.8 Å². The lowest BCUT2D eigenvalue weighted by Gasteiger charge is -2.17. The van der Waals surface area contributed by atoms with Gasteiger partial charge in [0.05, 0.1) is 0 Å². The highest BCUT2D eigenvalue weighted by atomic mass is 32.1. The molecular weight excluding hydrogens is 394 g/mol. The van der Waals surface area contributed by atoms with Crippen LogP contribution in [0.1, 0.15) is 23.6 Å². The molecule has 0 fully saturated rings. The number of hydrogen-bond acceptors (Lipinski definition) is 5. The second-order valence-electron chi connectivity index (χ2n) is 7.32. The zero-order valence-electron chi connectivity index (χ0n) is 17.4. The number of nitrogens with zero attached hydrogens (tertiary/aromatic N) is 2. The summed E-state index contributed by atoms with van der Waals surface area (Å²) in [4.78, 5) is 22.7. The van der Waals surface area contributed by atoms with Crippen molar-refractivity contribution in [2.45, 2.75) is 33.8 Å². The van der Waals surface area contributed by atoms with Crippen LogP contribution >= 0.6 is 11.3 Å². The molecule has 0 aliphatic rings. The van der Waals surface area contributed by atoms with Gasteiger partial charge in [-0.3, -0.25) is 4.79 Å². The highest BCUT2D eigenvalue weighted by molar-refractivity contribution is 7.21. The molecule has 30 heavy (non-hydrogen) atoms. The number of hydrogen-bond donors (Lipinski definition) is 1. The van der Waals surface area contributed by atoms with Gasteiger partial charge in [0.15, 0.2) is 6.10 Å².